The molecule has 0 aromatic carbocycles. The van der Waals surface area contributed by atoms with Crippen LogP contribution in [0.3, 0.4) is 0 Å². The number of hydrogen-bond donors (Lipinski definition) is 1. The van der Waals surface area contributed by atoms with E-state index in [1.54, 1.807) is 6.07 Å². The third-order valence-electron chi connectivity index (χ3n) is 2.60. The number of halogens is 2. The molecule has 1 fully saturated rings. The topological polar surface area (TPSA) is 25.2 Å². The Hall–Kier alpha value is -0.350. The van der Waals surface area contributed by atoms with E-state index in [4.69, 9.17) is 4.42 Å². The van der Waals surface area contributed by atoms with E-state index in [0.717, 1.165) is 30.3 Å². The summed E-state index contributed by atoms with van der Waals surface area (Å²) < 4.78 is 19.8. The number of furan rings is 1. The third-order valence-corrected chi connectivity index (χ3v) is 3.25. The SMILES string of the molecule is FC(c1occc1Br)C1CCCCN1. The molecule has 1 aromatic heterocycles. The van der Waals surface area contributed by atoms with Crippen LogP contribution in [0.25, 0.3) is 0 Å². The molecule has 0 amide bonds. The number of hydrogen-bond acceptors (Lipinski definition) is 2. The second kappa shape index (κ2) is 4.45. The van der Waals surface area contributed by atoms with Crippen LogP contribution in [0.5, 0.6) is 0 Å². The summed E-state index contributed by atoms with van der Waals surface area (Å²) in [4.78, 5) is 0. The monoisotopic (exact) mass is 261 g/mol. The highest BCUT2D eigenvalue weighted by atomic mass is 79.9. The van der Waals surface area contributed by atoms with Crippen LogP contribution < -0.4 is 5.32 Å². The summed E-state index contributed by atoms with van der Waals surface area (Å²) in [7, 11) is 0. The van der Waals surface area contributed by atoms with Gasteiger partial charge in [-0.05, 0) is 41.4 Å². The molecule has 2 unspecified atom stereocenters. The fourth-order valence-electron chi connectivity index (χ4n) is 1.81. The first kappa shape index (κ1) is 10.2. The molecule has 0 bridgehead atoms. The number of alkyl halides is 1. The Bertz CT molecular complexity index is 296. The zero-order valence-electron chi connectivity index (χ0n) is 7.80. The molecule has 1 aliphatic heterocycles. The first-order valence-corrected chi connectivity index (χ1v) is 5.68. The Labute approximate surface area is 91.0 Å². The van der Waals surface area contributed by atoms with Crippen LogP contribution in [-0.4, -0.2) is 12.6 Å². The summed E-state index contributed by atoms with van der Waals surface area (Å²) in [6.07, 6.45) is 3.59. The molecule has 0 aliphatic carbocycles. The summed E-state index contributed by atoms with van der Waals surface area (Å²) in [5, 5.41) is 3.18. The second-order valence-corrected chi connectivity index (χ2v) is 4.45. The number of nitrogens with one attached hydrogen (secondary N) is 1. The van der Waals surface area contributed by atoms with Crippen molar-refractivity contribution in [2.45, 2.75) is 31.5 Å². The molecule has 1 aliphatic rings. The fourth-order valence-corrected chi connectivity index (χ4v) is 2.23. The van der Waals surface area contributed by atoms with Crippen LogP contribution in [0.4, 0.5) is 4.39 Å². The molecule has 1 aromatic rings. The minimum absolute atomic E-state index is 0.0915. The van der Waals surface area contributed by atoms with Gasteiger partial charge in [-0.15, -0.1) is 0 Å². The van der Waals surface area contributed by atoms with Gasteiger partial charge in [0, 0.05) is 6.04 Å². The van der Waals surface area contributed by atoms with Crippen LogP contribution in [-0.2, 0) is 0 Å². The third kappa shape index (κ3) is 2.01. The van der Waals surface area contributed by atoms with Crippen LogP contribution in [0.1, 0.15) is 31.2 Å². The maximum atomic E-state index is 13.9. The normalized spacial score (nSPS) is 24.9. The molecular formula is C10H13BrFNO. The average molecular weight is 262 g/mol. The molecule has 14 heavy (non-hydrogen) atoms. The minimum atomic E-state index is -1.04. The summed E-state index contributed by atoms with van der Waals surface area (Å²) in [5.41, 5.74) is 0. The number of rotatable bonds is 2. The highest BCUT2D eigenvalue weighted by Gasteiger charge is 2.28. The summed E-state index contributed by atoms with van der Waals surface area (Å²) in [5.74, 6) is 0.407. The van der Waals surface area contributed by atoms with Crippen molar-refractivity contribution >= 4 is 15.9 Å². The lowest BCUT2D eigenvalue weighted by atomic mass is 9.99. The van der Waals surface area contributed by atoms with E-state index in [-0.39, 0.29) is 6.04 Å². The average Bonchev–Trinajstić information content (AvgIpc) is 2.65. The lowest BCUT2D eigenvalue weighted by Gasteiger charge is -2.25. The van der Waals surface area contributed by atoms with Gasteiger partial charge in [0.15, 0.2) is 11.9 Å². The van der Waals surface area contributed by atoms with Crippen LogP contribution in [0.2, 0.25) is 0 Å². The van der Waals surface area contributed by atoms with E-state index in [1.807, 2.05) is 0 Å². The van der Waals surface area contributed by atoms with E-state index in [9.17, 15) is 4.39 Å². The molecule has 0 radical (unpaired) electrons. The molecule has 78 valence electrons. The van der Waals surface area contributed by atoms with E-state index in [1.165, 1.54) is 6.26 Å². The van der Waals surface area contributed by atoms with Crippen molar-refractivity contribution < 1.29 is 8.81 Å². The van der Waals surface area contributed by atoms with E-state index in [2.05, 4.69) is 21.2 Å². The molecule has 2 rings (SSSR count). The maximum absolute atomic E-state index is 13.9. The summed E-state index contributed by atoms with van der Waals surface area (Å²) >= 11 is 3.27. The van der Waals surface area contributed by atoms with Crippen LogP contribution >= 0.6 is 15.9 Å². The zero-order valence-corrected chi connectivity index (χ0v) is 9.39. The van der Waals surface area contributed by atoms with Crippen molar-refractivity contribution in [2.24, 2.45) is 0 Å². The van der Waals surface area contributed by atoms with Crippen molar-refractivity contribution in [3.63, 3.8) is 0 Å². The smallest absolute Gasteiger partial charge is 0.174 e. The van der Waals surface area contributed by atoms with Crippen molar-refractivity contribution in [3.8, 4) is 0 Å². The molecule has 0 saturated carbocycles. The number of piperidine rings is 1. The van der Waals surface area contributed by atoms with Gasteiger partial charge in [0.25, 0.3) is 0 Å². The Kier molecular flexibility index (Phi) is 3.23. The molecule has 2 atom stereocenters. The molecule has 0 spiro atoms. The Morgan fingerprint density at radius 1 is 1.57 bits per heavy atom. The van der Waals surface area contributed by atoms with Gasteiger partial charge in [0.1, 0.15) is 0 Å². The fraction of sp³-hybridized carbons (Fsp3) is 0.600. The first-order valence-electron chi connectivity index (χ1n) is 4.89. The van der Waals surface area contributed by atoms with Crippen molar-refractivity contribution in [1.82, 2.24) is 5.32 Å². The van der Waals surface area contributed by atoms with Crippen LogP contribution in [0, 0.1) is 0 Å². The van der Waals surface area contributed by atoms with Gasteiger partial charge in [-0.1, -0.05) is 6.42 Å². The van der Waals surface area contributed by atoms with Gasteiger partial charge >= 0.3 is 0 Å². The van der Waals surface area contributed by atoms with Gasteiger partial charge in [-0.2, -0.15) is 0 Å². The van der Waals surface area contributed by atoms with Crippen LogP contribution in [0.15, 0.2) is 21.2 Å². The lowest BCUT2D eigenvalue weighted by Crippen LogP contribution is -2.37. The standard InChI is InChI=1S/C10H13BrFNO/c11-7-4-6-14-10(7)9(12)8-3-1-2-5-13-8/h4,6,8-9,13H,1-3,5H2. The second-order valence-electron chi connectivity index (χ2n) is 3.59. The Morgan fingerprint density at radius 2 is 2.43 bits per heavy atom. The quantitative estimate of drug-likeness (QED) is 0.885. The molecule has 2 heterocycles. The predicted octanol–water partition coefficient (Wildman–Crippen LogP) is 3.19. The summed E-state index contributed by atoms with van der Waals surface area (Å²) in [6, 6.07) is 1.64. The van der Waals surface area contributed by atoms with Gasteiger partial charge in [0.2, 0.25) is 0 Å². The maximum Gasteiger partial charge on any atom is 0.174 e. The molecule has 1 saturated heterocycles. The lowest BCUT2D eigenvalue weighted by molar-refractivity contribution is 0.191. The molecule has 4 heteroatoms. The van der Waals surface area contributed by atoms with Crippen molar-refractivity contribution in [2.75, 3.05) is 6.54 Å². The largest absolute Gasteiger partial charge is 0.465 e. The van der Waals surface area contributed by atoms with E-state index >= 15 is 0 Å². The first-order chi connectivity index (χ1) is 6.79. The van der Waals surface area contributed by atoms with Gasteiger partial charge in [-0.3, -0.25) is 0 Å². The molecule has 2 nitrogen and oxygen atoms in total. The van der Waals surface area contributed by atoms with E-state index < -0.39 is 6.17 Å². The van der Waals surface area contributed by atoms with Crippen molar-refractivity contribution in [3.05, 3.63) is 22.6 Å². The van der Waals surface area contributed by atoms with Gasteiger partial charge < -0.3 is 9.73 Å². The minimum Gasteiger partial charge on any atom is -0.465 e. The van der Waals surface area contributed by atoms with Gasteiger partial charge in [-0.25, -0.2) is 4.39 Å². The predicted molar refractivity (Wildman–Crippen MR) is 55.9 cm³/mol. The van der Waals surface area contributed by atoms with Crippen molar-refractivity contribution in [1.29, 1.82) is 0 Å². The molecular weight excluding hydrogens is 249 g/mol. The summed E-state index contributed by atoms with van der Waals surface area (Å²) in [6.45, 7) is 0.906. The highest BCUT2D eigenvalue weighted by molar-refractivity contribution is 9.10. The Balaban J connectivity index is 2.07. The molecule has 1 N–H and O–H groups in total. The highest BCUT2D eigenvalue weighted by Crippen LogP contribution is 2.32. The zero-order chi connectivity index (χ0) is 9.97. The van der Waals surface area contributed by atoms with Gasteiger partial charge in [0.05, 0.1) is 10.7 Å². The Morgan fingerprint density at radius 3 is 3.00 bits per heavy atom. The van der Waals surface area contributed by atoms with E-state index in [0.29, 0.717) is 5.76 Å².